The van der Waals surface area contributed by atoms with Gasteiger partial charge in [0.05, 0.1) is 13.2 Å². The van der Waals surface area contributed by atoms with Crippen LogP contribution in [0.5, 0.6) is 5.75 Å². The number of nitrogens with zero attached hydrogens (tertiary/aromatic N) is 1. The van der Waals surface area contributed by atoms with E-state index in [1.165, 1.54) is 0 Å². The molecule has 0 amide bonds. The van der Waals surface area contributed by atoms with Gasteiger partial charge in [0, 0.05) is 37.0 Å². The Morgan fingerprint density at radius 3 is 2.56 bits per heavy atom. The minimum atomic E-state index is 0.171. The number of phenolic OH excluding ortho intramolecular Hbond substituents is 1. The average molecular weight is 247 g/mol. The van der Waals surface area contributed by atoms with E-state index in [0.29, 0.717) is 44.1 Å². The van der Waals surface area contributed by atoms with E-state index in [2.05, 4.69) is 4.90 Å². The highest BCUT2D eigenvalue weighted by Crippen LogP contribution is 2.29. The molecule has 0 spiro atoms. The molecule has 1 N–H and O–H groups in total. The van der Waals surface area contributed by atoms with Crippen molar-refractivity contribution < 1.29 is 14.6 Å². The van der Waals surface area contributed by atoms with Crippen molar-refractivity contribution in [3.05, 3.63) is 29.8 Å². The van der Waals surface area contributed by atoms with Gasteiger partial charge in [0.2, 0.25) is 0 Å². The summed E-state index contributed by atoms with van der Waals surface area (Å²) in [5.41, 5.74) is 0.920. The zero-order chi connectivity index (χ0) is 12.5. The second-order valence-electron chi connectivity index (χ2n) is 5.09. The molecular weight excluding hydrogens is 230 g/mol. The standard InChI is InChI=1S/C14H17NO3/c16-13-5-11-8-18-9-12(6-13)15(11)7-10-3-1-2-4-14(10)17/h1-4,11-12,17H,5-9H2. The summed E-state index contributed by atoms with van der Waals surface area (Å²) in [6.07, 6.45) is 1.15. The molecule has 2 aliphatic heterocycles. The Morgan fingerprint density at radius 1 is 1.22 bits per heavy atom. The smallest absolute Gasteiger partial charge is 0.136 e. The molecule has 4 heteroatoms. The van der Waals surface area contributed by atoms with E-state index in [1.54, 1.807) is 6.07 Å². The van der Waals surface area contributed by atoms with Crippen LogP contribution in [-0.4, -0.2) is 41.1 Å². The Morgan fingerprint density at radius 2 is 1.89 bits per heavy atom. The monoisotopic (exact) mass is 247 g/mol. The third kappa shape index (κ3) is 2.13. The first-order valence-corrected chi connectivity index (χ1v) is 6.36. The third-order valence-electron chi connectivity index (χ3n) is 3.83. The summed E-state index contributed by atoms with van der Waals surface area (Å²) < 4.78 is 5.53. The van der Waals surface area contributed by atoms with Crippen LogP contribution in [0.25, 0.3) is 0 Å². The number of piperidine rings is 1. The van der Waals surface area contributed by atoms with Crippen molar-refractivity contribution in [2.75, 3.05) is 13.2 Å². The number of Topliss-reactive ketones (excluding diaryl/α,β-unsaturated/α-hetero) is 1. The average Bonchev–Trinajstić information content (AvgIpc) is 2.33. The van der Waals surface area contributed by atoms with Crippen molar-refractivity contribution in [2.24, 2.45) is 0 Å². The molecule has 96 valence electrons. The second-order valence-corrected chi connectivity index (χ2v) is 5.09. The van der Waals surface area contributed by atoms with Crippen molar-refractivity contribution in [2.45, 2.75) is 31.5 Å². The molecule has 1 aromatic rings. The van der Waals surface area contributed by atoms with Crippen LogP contribution >= 0.6 is 0 Å². The summed E-state index contributed by atoms with van der Waals surface area (Å²) >= 11 is 0. The number of benzene rings is 1. The molecule has 2 heterocycles. The summed E-state index contributed by atoms with van der Waals surface area (Å²) in [7, 11) is 0. The van der Waals surface area contributed by atoms with E-state index in [1.807, 2.05) is 18.2 Å². The normalized spacial score (nSPS) is 28.3. The van der Waals surface area contributed by atoms with E-state index >= 15 is 0 Å². The zero-order valence-corrected chi connectivity index (χ0v) is 10.2. The van der Waals surface area contributed by atoms with Crippen LogP contribution in [-0.2, 0) is 16.1 Å². The summed E-state index contributed by atoms with van der Waals surface area (Å²) in [6, 6.07) is 7.73. The molecule has 2 fully saturated rings. The Labute approximate surface area is 106 Å². The number of morpholine rings is 1. The molecule has 0 aliphatic carbocycles. The second kappa shape index (κ2) is 4.71. The van der Waals surface area contributed by atoms with Gasteiger partial charge in [-0.1, -0.05) is 18.2 Å². The minimum absolute atomic E-state index is 0.171. The van der Waals surface area contributed by atoms with E-state index in [-0.39, 0.29) is 12.1 Å². The van der Waals surface area contributed by atoms with Gasteiger partial charge in [-0.2, -0.15) is 0 Å². The minimum Gasteiger partial charge on any atom is -0.508 e. The quantitative estimate of drug-likeness (QED) is 0.856. The fourth-order valence-corrected chi connectivity index (χ4v) is 2.89. The summed E-state index contributed by atoms with van der Waals surface area (Å²) in [5, 5.41) is 9.83. The fraction of sp³-hybridized carbons (Fsp3) is 0.500. The molecule has 2 bridgehead atoms. The lowest BCUT2D eigenvalue weighted by Gasteiger charge is -2.45. The van der Waals surface area contributed by atoms with E-state index in [9.17, 15) is 9.90 Å². The molecule has 2 unspecified atom stereocenters. The first-order valence-electron chi connectivity index (χ1n) is 6.36. The topological polar surface area (TPSA) is 49.8 Å². The predicted octanol–water partition coefficient (Wildman–Crippen LogP) is 1.32. The van der Waals surface area contributed by atoms with Gasteiger partial charge in [-0.3, -0.25) is 9.69 Å². The van der Waals surface area contributed by atoms with Crippen LogP contribution < -0.4 is 0 Å². The van der Waals surface area contributed by atoms with Gasteiger partial charge in [0.1, 0.15) is 11.5 Å². The maximum Gasteiger partial charge on any atom is 0.136 e. The van der Waals surface area contributed by atoms with Crippen LogP contribution in [0, 0.1) is 0 Å². The molecule has 2 saturated heterocycles. The largest absolute Gasteiger partial charge is 0.508 e. The van der Waals surface area contributed by atoms with Crippen molar-refractivity contribution in [1.82, 2.24) is 4.90 Å². The number of phenols is 1. The van der Waals surface area contributed by atoms with Gasteiger partial charge >= 0.3 is 0 Å². The number of para-hydroxylation sites is 1. The van der Waals surface area contributed by atoms with Crippen molar-refractivity contribution >= 4 is 5.78 Å². The van der Waals surface area contributed by atoms with Crippen LogP contribution in [0.15, 0.2) is 24.3 Å². The summed E-state index contributed by atoms with van der Waals surface area (Å²) in [5.74, 6) is 0.662. The van der Waals surface area contributed by atoms with Crippen LogP contribution in [0.4, 0.5) is 0 Å². The van der Waals surface area contributed by atoms with Crippen molar-refractivity contribution in [3.8, 4) is 5.75 Å². The molecule has 18 heavy (non-hydrogen) atoms. The van der Waals surface area contributed by atoms with E-state index in [0.717, 1.165) is 5.56 Å². The van der Waals surface area contributed by atoms with Crippen LogP contribution in [0.2, 0.25) is 0 Å². The van der Waals surface area contributed by atoms with E-state index < -0.39 is 0 Å². The number of ketones is 1. The number of hydrogen-bond donors (Lipinski definition) is 1. The molecule has 0 aromatic heterocycles. The maximum atomic E-state index is 11.6. The summed E-state index contributed by atoms with van der Waals surface area (Å²) in [4.78, 5) is 13.9. The molecular formula is C14H17NO3. The molecule has 4 nitrogen and oxygen atoms in total. The molecule has 2 atom stereocenters. The number of hydrogen-bond acceptors (Lipinski definition) is 4. The predicted molar refractivity (Wildman–Crippen MR) is 66.3 cm³/mol. The SMILES string of the molecule is O=C1CC2COCC(C1)N2Cc1ccccc1O. The highest BCUT2D eigenvalue weighted by Gasteiger charge is 2.38. The lowest BCUT2D eigenvalue weighted by molar-refractivity contribution is -0.136. The molecule has 3 rings (SSSR count). The Kier molecular flexibility index (Phi) is 3.06. The number of rotatable bonds is 2. The number of aromatic hydroxyl groups is 1. The third-order valence-corrected chi connectivity index (χ3v) is 3.83. The number of ether oxygens (including phenoxy) is 1. The zero-order valence-electron chi connectivity index (χ0n) is 10.2. The van der Waals surface area contributed by atoms with Crippen LogP contribution in [0.3, 0.4) is 0 Å². The number of fused-ring (bicyclic) bond motifs is 2. The fourth-order valence-electron chi connectivity index (χ4n) is 2.89. The first kappa shape index (κ1) is 11.7. The molecule has 0 saturated carbocycles. The van der Waals surface area contributed by atoms with Gasteiger partial charge in [-0.25, -0.2) is 0 Å². The van der Waals surface area contributed by atoms with Gasteiger partial charge in [0.25, 0.3) is 0 Å². The highest BCUT2D eigenvalue weighted by atomic mass is 16.5. The number of carbonyl (C=O) groups excluding carboxylic acids is 1. The van der Waals surface area contributed by atoms with Gasteiger partial charge in [-0.05, 0) is 6.07 Å². The Hall–Kier alpha value is -1.39. The Bertz CT molecular complexity index is 444. The number of carbonyl (C=O) groups is 1. The van der Waals surface area contributed by atoms with Crippen molar-refractivity contribution in [1.29, 1.82) is 0 Å². The lowest BCUT2D eigenvalue weighted by Crippen LogP contribution is -2.56. The van der Waals surface area contributed by atoms with Crippen LogP contribution in [0.1, 0.15) is 18.4 Å². The van der Waals surface area contributed by atoms with Gasteiger partial charge in [-0.15, -0.1) is 0 Å². The Balaban J connectivity index is 1.80. The van der Waals surface area contributed by atoms with E-state index in [4.69, 9.17) is 4.74 Å². The summed E-state index contributed by atoms with van der Waals surface area (Å²) in [6.45, 7) is 1.93. The highest BCUT2D eigenvalue weighted by molar-refractivity contribution is 5.80. The first-order chi connectivity index (χ1) is 8.74. The van der Waals surface area contributed by atoms with Gasteiger partial charge in [0.15, 0.2) is 0 Å². The molecule has 2 aliphatic rings. The molecule has 0 radical (unpaired) electrons. The van der Waals surface area contributed by atoms with Gasteiger partial charge < -0.3 is 9.84 Å². The molecule has 1 aromatic carbocycles. The lowest BCUT2D eigenvalue weighted by atomic mass is 9.92. The maximum absolute atomic E-state index is 11.6. The van der Waals surface area contributed by atoms with Crippen molar-refractivity contribution in [3.63, 3.8) is 0 Å².